The summed E-state index contributed by atoms with van der Waals surface area (Å²) in [6.45, 7) is 6.54. The third kappa shape index (κ3) is 2.92. The van der Waals surface area contributed by atoms with E-state index in [1.54, 1.807) is 0 Å². The molecule has 0 aliphatic carbocycles. The van der Waals surface area contributed by atoms with E-state index in [9.17, 15) is 0 Å². The summed E-state index contributed by atoms with van der Waals surface area (Å²) in [5.74, 6) is 2.01. The molecule has 0 saturated heterocycles. The molecule has 0 spiro atoms. The van der Waals surface area contributed by atoms with E-state index >= 15 is 0 Å². The average molecular weight is 278 g/mol. The number of nitrogens with zero attached hydrogens (tertiary/aromatic N) is 3. The zero-order chi connectivity index (χ0) is 14.0. The molecule has 2 aromatic heterocycles. The molecule has 1 atom stereocenters. The van der Waals surface area contributed by atoms with Gasteiger partial charge < -0.3 is 10.3 Å². The Morgan fingerprint density at radius 2 is 2.16 bits per heavy atom. The van der Waals surface area contributed by atoms with E-state index in [0.29, 0.717) is 0 Å². The lowest BCUT2D eigenvalue weighted by Gasteiger charge is -2.26. The van der Waals surface area contributed by atoms with Gasteiger partial charge in [-0.1, -0.05) is 0 Å². The van der Waals surface area contributed by atoms with Gasteiger partial charge in [0.25, 0.3) is 0 Å². The van der Waals surface area contributed by atoms with Gasteiger partial charge in [0.15, 0.2) is 0 Å². The van der Waals surface area contributed by atoms with Crippen molar-refractivity contribution in [1.29, 1.82) is 0 Å². The van der Waals surface area contributed by atoms with Crippen LogP contribution in [0.15, 0.2) is 18.5 Å². The first-order chi connectivity index (χ1) is 8.95. The Morgan fingerprint density at radius 3 is 2.79 bits per heavy atom. The monoisotopic (exact) mass is 278 g/mol. The maximum atomic E-state index is 6.33. The Kier molecular flexibility index (Phi) is 4.16. The van der Waals surface area contributed by atoms with Crippen LogP contribution >= 0.6 is 11.8 Å². The molecule has 1 unspecified atom stereocenters. The van der Waals surface area contributed by atoms with Crippen molar-refractivity contribution in [3.63, 3.8) is 0 Å². The summed E-state index contributed by atoms with van der Waals surface area (Å²) in [4.78, 5) is 8.85. The molecule has 0 aromatic carbocycles. The lowest BCUT2D eigenvalue weighted by molar-refractivity contribution is 0.382. The molecular formula is C14H22N4S. The van der Waals surface area contributed by atoms with E-state index in [1.165, 1.54) is 0 Å². The summed E-state index contributed by atoms with van der Waals surface area (Å²) < 4.78 is 2.25. The molecule has 0 amide bonds. The van der Waals surface area contributed by atoms with Crippen LogP contribution in [0.3, 0.4) is 0 Å². The van der Waals surface area contributed by atoms with Crippen LogP contribution in [0.5, 0.6) is 0 Å². The number of aromatic nitrogens is 3. The predicted molar refractivity (Wildman–Crippen MR) is 82.5 cm³/mol. The normalized spacial score (nSPS) is 13.9. The summed E-state index contributed by atoms with van der Waals surface area (Å²) in [6.07, 6.45) is 6.66. The van der Waals surface area contributed by atoms with Gasteiger partial charge in [0, 0.05) is 11.7 Å². The highest BCUT2D eigenvalue weighted by Gasteiger charge is 2.24. The molecule has 0 aliphatic heterocycles. The molecule has 0 fully saturated rings. The summed E-state index contributed by atoms with van der Waals surface area (Å²) in [7, 11) is 0. The number of thioether (sulfide) groups is 1. The van der Waals surface area contributed by atoms with Crippen LogP contribution in [0.4, 0.5) is 0 Å². The molecule has 0 aliphatic rings. The van der Waals surface area contributed by atoms with Crippen molar-refractivity contribution in [3.05, 3.63) is 24.3 Å². The van der Waals surface area contributed by atoms with Crippen LogP contribution in [0.2, 0.25) is 0 Å². The lowest BCUT2D eigenvalue weighted by Crippen LogP contribution is -2.28. The minimum absolute atomic E-state index is 0.0286. The molecule has 0 saturated carbocycles. The van der Waals surface area contributed by atoms with E-state index in [4.69, 9.17) is 10.7 Å². The van der Waals surface area contributed by atoms with E-state index in [0.717, 1.165) is 29.0 Å². The molecule has 2 N–H and O–H groups in total. The third-order valence-electron chi connectivity index (χ3n) is 3.12. The van der Waals surface area contributed by atoms with Gasteiger partial charge in [-0.2, -0.15) is 11.8 Å². The second-order valence-corrected chi connectivity index (χ2v) is 6.71. The summed E-state index contributed by atoms with van der Waals surface area (Å²) in [5, 5.41) is 0. The first-order valence-corrected chi connectivity index (χ1v) is 7.92. The fraction of sp³-hybridized carbons (Fsp3) is 0.571. The molecule has 2 aromatic rings. The van der Waals surface area contributed by atoms with Crippen molar-refractivity contribution >= 4 is 22.8 Å². The Hall–Kier alpha value is -1.07. The summed E-state index contributed by atoms with van der Waals surface area (Å²) in [6, 6.07) is 1.98. The van der Waals surface area contributed by atoms with Gasteiger partial charge in [-0.05, 0) is 45.3 Å². The van der Waals surface area contributed by atoms with Crippen molar-refractivity contribution in [1.82, 2.24) is 14.5 Å². The van der Waals surface area contributed by atoms with E-state index < -0.39 is 0 Å². The highest BCUT2D eigenvalue weighted by Crippen LogP contribution is 2.28. The summed E-state index contributed by atoms with van der Waals surface area (Å²) in [5.41, 5.74) is 8.32. The maximum Gasteiger partial charge on any atom is 0.127 e. The fourth-order valence-corrected chi connectivity index (χ4v) is 2.77. The number of nitrogens with two attached hydrogens (primary N) is 1. The van der Waals surface area contributed by atoms with Gasteiger partial charge in [-0.3, -0.25) is 4.98 Å². The van der Waals surface area contributed by atoms with Crippen LogP contribution in [0.1, 0.15) is 39.1 Å². The van der Waals surface area contributed by atoms with Gasteiger partial charge in [0.05, 0.1) is 17.8 Å². The Morgan fingerprint density at radius 1 is 1.42 bits per heavy atom. The number of hydrogen-bond donors (Lipinski definition) is 1. The average Bonchev–Trinajstić information content (AvgIpc) is 2.74. The topological polar surface area (TPSA) is 56.7 Å². The highest BCUT2D eigenvalue weighted by molar-refractivity contribution is 7.98. The third-order valence-corrected chi connectivity index (χ3v) is 3.76. The van der Waals surface area contributed by atoms with Crippen molar-refractivity contribution in [3.8, 4) is 0 Å². The van der Waals surface area contributed by atoms with E-state index in [2.05, 4.69) is 36.6 Å². The lowest BCUT2D eigenvalue weighted by atomic mass is 10.1. The standard InChI is InChI=1S/C14H22N4S/c1-14(2,3)18-12-5-7-16-9-11(12)17-13(18)10(15)6-8-19-4/h5,7,9-10H,6,8,15H2,1-4H3. The number of fused-ring (bicyclic) bond motifs is 1. The molecule has 2 rings (SSSR count). The van der Waals surface area contributed by atoms with E-state index in [1.807, 2.05) is 30.2 Å². The maximum absolute atomic E-state index is 6.33. The van der Waals surface area contributed by atoms with Crippen LogP contribution < -0.4 is 5.73 Å². The van der Waals surface area contributed by atoms with Gasteiger partial charge in [-0.25, -0.2) is 4.98 Å². The zero-order valence-electron chi connectivity index (χ0n) is 12.1. The predicted octanol–water partition coefficient (Wildman–Crippen LogP) is 2.94. The second-order valence-electron chi connectivity index (χ2n) is 5.73. The molecule has 19 heavy (non-hydrogen) atoms. The van der Waals surface area contributed by atoms with Crippen LogP contribution in [0, 0.1) is 0 Å². The minimum Gasteiger partial charge on any atom is -0.321 e. The molecule has 4 nitrogen and oxygen atoms in total. The van der Waals surface area contributed by atoms with Crippen molar-refractivity contribution in [2.75, 3.05) is 12.0 Å². The number of pyridine rings is 1. The van der Waals surface area contributed by atoms with Gasteiger partial charge in [0.2, 0.25) is 0 Å². The van der Waals surface area contributed by atoms with Crippen LogP contribution in [-0.2, 0) is 5.54 Å². The molecule has 0 radical (unpaired) electrons. The Bertz CT molecular complexity index is 556. The minimum atomic E-state index is -0.0393. The van der Waals surface area contributed by atoms with Crippen molar-refractivity contribution in [2.24, 2.45) is 5.73 Å². The Balaban J connectivity index is 2.53. The molecule has 5 heteroatoms. The molecular weight excluding hydrogens is 256 g/mol. The Labute approximate surface area is 118 Å². The van der Waals surface area contributed by atoms with Crippen molar-refractivity contribution < 1.29 is 0 Å². The fourth-order valence-electron chi connectivity index (χ4n) is 2.28. The number of hydrogen-bond acceptors (Lipinski definition) is 4. The number of imidazole rings is 1. The largest absolute Gasteiger partial charge is 0.321 e. The smallest absolute Gasteiger partial charge is 0.127 e. The first-order valence-electron chi connectivity index (χ1n) is 6.52. The van der Waals surface area contributed by atoms with E-state index in [-0.39, 0.29) is 11.6 Å². The quantitative estimate of drug-likeness (QED) is 0.934. The van der Waals surface area contributed by atoms with Crippen LogP contribution in [-0.4, -0.2) is 26.5 Å². The first kappa shape index (κ1) is 14.3. The SMILES string of the molecule is CSCCC(N)c1nc2cnccc2n1C(C)(C)C. The second kappa shape index (κ2) is 5.51. The zero-order valence-corrected chi connectivity index (χ0v) is 12.9. The van der Waals surface area contributed by atoms with Gasteiger partial charge >= 0.3 is 0 Å². The highest BCUT2D eigenvalue weighted by atomic mass is 32.2. The van der Waals surface area contributed by atoms with Crippen molar-refractivity contribution in [2.45, 2.75) is 38.8 Å². The number of rotatable bonds is 4. The van der Waals surface area contributed by atoms with Crippen LogP contribution in [0.25, 0.3) is 11.0 Å². The summed E-state index contributed by atoms with van der Waals surface area (Å²) >= 11 is 1.82. The van der Waals surface area contributed by atoms with Gasteiger partial charge in [-0.15, -0.1) is 0 Å². The molecule has 2 heterocycles. The molecule has 104 valence electrons. The molecule has 0 bridgehead atoms. The van der Waals surface area contributed by atoms with Gasteiger partial charge in [0.1, 0.15) is 11.3 Å².